The van der Waals surface area contributed by atoms with Gasteiger partial charge in [-0.15, -0.1) is 0 Å². The number of aliphatic hydroxyl groups excluding tert-OH is 1. The van der Waals surface area contributed by atoms with Crippen LogP contribution in [0.15, 0.2) is 6.20 Å². The van der Waals surface area contributed by atoms with Crippen LogP contribution in [0.1, 0.15) is 79.9 Å². The molecular weight excluding hydrogens is 268 g/mol. The molecule has 1 aromatic rings. The molecule has 21 heavy (non-hydrogen) atoms. The molecule has 1 heterocycles. The molecule has 0 aliphatic heterocycles. The Hall–Kier alpha value is -1.36. The molecule has 5 heteroatoms. The fourth-order valence-corrected chi connectivity index (χ4v) is 3.32. The van der Waals surface area contributed by atoms with Crippen LogP contribution in [0.4, 0.5) is 0 Å². The number of carbonyl (C=O) groups is 1. The molecule has 0 radical (unpaired) electrons. The van der Waals surface area contributed by atoms with Crippen LogP contribution >= 0.6 is 0 Å². The molecule has 3 rings (SSSR count). The van der Waals surface area contributed by atoms with Crippen LogP contribution in [-0.4, -0.2) is 33.6 Å². The minimum Gasteiger partial charge on any atom is -0.462 e. The standard InChI is InChI=1S/C16H24N2O3/c1-2-21-16(20)12-10-17-18(15(12)11-8-9-11)13-6-4-3-5-7-14(13)19/h10-11,13-14,19H,2-9H2,1H3. The molecule has 0 aromatic carbocycles. The fraction of sp³-hybridized carbons (Fsp3) is 0.750. The van der Waals surface area contributed by atoms with Crippen LogP contribution in [0.5, 0.6) is 0 Å². The monoisotopic (exact) mass is 292 g/mol. The maximum Gasteiger partial charge on any atom is 0.341 e. The van der Waals surface area contributed by atoms with Gasteiger partial charge in [0.05, 0.1) is 30.6 Å². The highest BCUT2D eigenvalue weighted by molar-refractivity contribution is 5.90. The van der Waals surface area contributed by atoms with Gasteiger partial charge in [0.2, 0.25) is 0 Å². The van der Waals surface area contributed by atoms with E-state index in [1.807, 2.05) is 11.6 Å². The second-order valence-electron chi connectivity index (χ2n) is 6.16. The van der Waals surface area contributed by atoms with Crippen molar-refractivity contribution in [3.8, 4) is 0 Å². The lowest BCUT2D eigenvalue weighted by Gasteiger charge is -2.23. The maximum absolute atomic E-state index is 12.1. The zero-order chi connectivity index (χ0) is 14.8. The smallest absolute Gasteiger partial charge is 0.341 e. The van der Waals surface area contributed by atoms with E-state index in [0.29, 0.717) is 18.1 Å². The Morgan fingerprint density at radius 1 is 1.33 bits per heavy atom. The number of hydrogen-bond acceptors (Lipinski definition) is 4. The van der Waals surface area contributed by atoms with Gasteiger partial charge in [0, 0.05) is 5.92 Å². The lowest BCUT2D eigenvalue weighted by atomic mass is 10.0. The van der Waals surface area contributed by atoms with Crippen LogP contribution < -0.4 is 0 Å². The summed E-state index contributed by atoms with van der Waals surface area (Å²) in [6.45, 7) is 2.19. The van der Waals surface area contributed by atoms with Crippen LogP contribution in [0.3, 0.4) is 0 Å². The van der Waals surface area contributed by atoms with Gasteiger partial charge in [-0.2, -0.15) is 5.10 Å². The number of aliphatic hydroxyl groups is 1. The highest BCUT2D eigenvalue weighted by Gasteiger charge is 2.36. The summed E-state index contributed by atoms with van der Waals surface area (Å²) in [6.07, 6.45) is 8.57. The van der Waals surface area contributed by atoms with Crippen LogP contribution in [0, 0.1) is 0 Å². The van der Waals surface area contributed by atoms with Crippen molar-refractivity contribution in [1.82, 2.24) is 9.78 Å². The summed E-state index contributed by atoms with van der Waals surface area (Å²) in [5.74, 6) is 0.121. The molecule has 1 N–H and O–H groups in total. The van der Waals surface area contributed by atoms with Gasteiger partial charge in [-0.25, -0.2) is 4.79 Å². The van der Waals surface area contributed by atoms with Crippen molar-refractivity contribution in [3.63, 3.8) is 0 Å². The molecule has 0 bridgehead atoms. The van der Waals surface area contributed by atoms with E-state index in [2.05, 4.69) is 5.10 Å². The number of rotatable bonds is 4. The van der Waals surface area contributed by atoms with Gasteiger partial charge >= 0.3 is 5.97 Å². The zero-order valence-electron chi connectivity index (χ0n) is 12.6. The Kier molecular flexibility index (Phi) is 4.29. The lowest BCUT2D eigenvalue weighted by molar-refractivity contribution is 0.0523. The molecule has 5 nitrogen and oxygen atoms in total. The van der Waals surface area contributed by atoms with Gasteiger partial charge in [-0.3, -0.25) is 4.68 Å². The van der Waals surface area contributed by atoms with Crippen molar-refractivity contribution >= 4 is 5.97 Å². The predicted molar refractivity (Wildman–Crippen MR) is 78.3 cm³/mol. The number of esters is 1. The van der Waals surface area contributed by atoms with Crippen molar-refractivity contribution in [2.45, 2.75) is 69.9 Å². The number of ether oxygens (including phenoxy) is 1. The first-order valence-corrected chi connectivity index (χ1v) is 8.15. The third-order valence-electron chi connectivity index (χ3n) is 4.55. The first-order chi connectivity index (χ1) is 10.2. The average Bonchev–Trinajstić information content (AvgIpc) is 3.25. The second kappa shape index (κ2) is 6.18. The molecule has 0 amide bonds. The van der Waals surface area contributed by atoms with Crippen molar-refractivity contribution in [3.05, 3.63) is 17.5 Å². The van der Waals surface area contributed by atoms with Crippen molar-refractivity contribution < 1.29 is 14.6 Å². The third-order valence-corrected chi connectivity index (χ3v) is 4.55. The van der Waals surface area contributed by atoms with E-state index in [0.717, 1.165) is 44.2 Å². The average molecular weight is 292 g/mol. The first kappa shape index (κ1) is 14.6. The number of aromatic nitrogens is 2. The minimum absolute atomic E-state index is 0.00581. The molecule has 2 unspecified atom stereocenters. The van der Waals surface area contributed by atoms with Crippen LogP contribution in [0.2, 0.25) is 0 Å². The SMILES string of the molecule is CCOC(=O)c1cnn(C2CCCCCC2O)c1C1CC1. The van der Waals surface area contributed by atoms with E-state index in [4.69, 9.17) is 4.74 Å². The Morgan fingerprint density at radius 3 is 2.81 bits per heavy atom. The molecule has 2 atom stereocenters. The van der Waals surface area contributed by atoms with Crippen molar-refractivity contribution in [2.24, 2.45) is 0 Å². The van der Waals surface area contributed by atoms with E-state index in [1.54, 1.807) is 6.20 Å². The largest absolute Gasteiger partial charge is 0.462 e. The Labute approximate surface area is 125 Å². The summed E-state index contributed by atoms with van der Waals surface area (Å²) in [6, 6.07) is 0.00581. The summed E-state index contributed by atoms with van der Waals surface area (Å²) >= 11 is 0. The topological polar surface area (TPSA) is 64.3 Å². The molecule has 2 saturated carbocycles. The van der Waals surface area contributed by atoms with Gasteiger partial charge in [0.1, 0.15) is 5.56 Å². The quantitative estimate of drug-likeness (QED) is 0.684. The Bertz CT molecular complexity index is 508. The Balaban J connectivity index is 1.92. The van der Waals surface area contributed by atoms with E-state index >= 15 is 0 Å². The molecule has 2 aliphatic carbocycles. The molecule has 1 aromatic heterocycles. The van der Waals surface area contributed by atoms with E-state index in [1.165, 1.54) is 6.42 Å². The molecule has 2 aliphatic rings. The summed E-state index contributed by atoms with van der Waals surface area (Å²) in [4.78, 5) is 12.1. The van der Waals surface area contributed by atoms with Crippen LogP contribution in [0.25, 0.3) is 0 Å². The highest BCUT2D eigenvalue weighted by atomic mass is 16.5. The van der Waals surface area contributed by atoms with Crippen LogP contribution in [-0.2, 0) is 4.74 Å². The van der Waals surface area contributed by atoms with Gasteiger partial charge in [-0.05, 0) is 32.6 Å². The fourth-order valence-electron chi connectivity index (χ4n) is 3.32. The minimum atomic E-state index is -0.361. The Morgan fingerprint density at radius 2 is 2.10 bits per heavy atom. The molecule has 0 spiro atoms. The summed E-state index contributed by atoms with van der Waals surface area (Å²) in [5.41, 5.74) is 1.58. The van der Waals surface area contributed by atoms with E-state index < -0.39 is 0 Å². The van der Waals surface area contributed by atoms with E-state index in [9.17, 15) is 9.90 Å². The second-order valence-corrected chi connectivity index (χ2v) is 6.16. The first-order valence-electron chi connectivity index (χ1n) is 8.15. The maximum atomic E-state index is 12.1. The van der Waals surface area contributed by atoms with Gasteiger partial charge < -0.3 is 9.84 Å². The molecular formula is C16H24N2O3. The van der Waals surface area contributed by atoms with Gasteiger partial charge in [0.25, 0.3) is 0 Å². The number of hydrogen-bond donors (Lipinski definition) is 1. The lowest BCUT2D eigenvalue weighted by Crippen LogP contribution is -2.25. The predicted octanol–water partition coefficient (Wildman–Crippen LogP) is 2.80. The molecule has 0 saturated heterocycles. The van der Waals surface area contributed by atoms with Gasteiger partial charge in [0.15, 0.2) is 0 Å². The molecule has 116 valence electrons. The summed E-state index contributed by atoms with van der Waals surface area (Å²) in [5, 5.41) is 14.9. The third kappa shape index (κ3) is 2.98. The van der Waals surface area contributed by atoms with Crippen molar-refractivity contribution in [2.75, 3.05) is 6.61 Å². The zero-order valence-corrected chi connectivity index (χ0v) is 12.6. The summed E-state index contributed by atoms with van der Waals surface area (Å²) < 4.78 is 7.07. The van der Waals surface area contributed by atoms with Crippen molar-refractivity contribution in [1.29, 1.82) is 0 Å². The number of nitrogens with zero attached hydrogens (tertiary/aromatic N) is 2. The summed E-state index contributed by atoms with van der Waals surface area (Å²) in [7, 11) is 0. The normalized spacial score (nSPS) is 26.4. The number of carbonyl (C=O) groups excluding carboxylic acids is 1. The van der Waals surface area contributed by atoms with Gasteiger partial charge in [-0.1, -0.05) is 19.3 Å². The van der Waals surface area contributed by atoms with E-state index in [-0.39, 0.29) is 18.1 Å². The highest BCUT2D eigenvalue weighted by Crippen LogP contribution is 2.44. The molecule has 2 fully saturated rings.